The van der Waals surface area contributed by atoms with Crippen LogP contribution in [0, 0.1) is 0 Å². The van der Waals surface area contributed by atoms with Gasteiger partial charge in [0.15, 0.2) is 12.6 Å². The third-order valence-electron chi connectivity index (χ3n) is 8.61. The van der Waals surface area contributed by atoms with Gasteiger partial charge in [-0.15, -0.1) is 0 Å². The molecule has 1 unspecified atom stereocenters. The zero-order valence-electron chi connectivity index (χ0n) is 36.0. The minimum atomic E-state index is -4.84. The van der Waals surface area contributed by atoms with E-state index in [0.717, 1.165) is 0 Å². The van der Waals surface area contributed by atoms with Gasteiger partial charge in [0, 0.05) is 26.9 Å². The lowest BCUT2D eigenvalue weighted by Crippen LogP contribution is -2.64. The molecule has 2 heterocycles. The summed E-state index contributed by atoms with van der Waals surface area (Å²) < 4.78 is 54.7. The van der Waals surface area contributed by atoms with Gasteiger partial charge in [-0.25, -0.2) is 14.2 Å². The van der Waals surface area contributed by atoms with Crippen molar-refractivity contribution in [2.24, 2.45) is 0 Å². The number of carbonyl (C=O) groups is 6. The van der Waals surface area contributed by atoms with Crippen LogP contribution in [-0.2, 0) is 61.2 Å². The summed E-state index contributed by atoms with van der Waals surface area (Å²) in [5.41, 5.74) is -1.17. The van der Waals surface area contributed by atoms with Gasteiger partial charge in [0.05, 0.1) is 45.1 Å². The summed E-state index contributed by atoms with van der Waals surface area (Å²) in [4.78, 5) is 82.7. The van der Waals surface area contributed by atoms with Crippen LogP contribution in [0.25, 0.3) is 0 Å². The Morgan fingerprint density at radius 3 is 1.39 bits per heavy atom. The third kappa shape index (κ3) is 21.0. The van der Waals surface area contributed by atoms with Gasteiger partial charge >= 0.3 is 20.0 Å². The van der Waals surface area contributed by atoms with Gasteiger partial charge in [-0.3, -0.25) is 28.2 Å². The molecular weight excluding hydrogens is 887 g/mol. The van der Waals surface area contributed by atoms with Gasteiger partial charge < -0.3 is 95.9 Å². The van der Waals surface area contributed by atoms with Crippen molar-refractivity contribution in [3.8, 4) is 0 Å². The molecule has 0 radical (unpaired) electrons. The van der Waals surface area contributed by atoms with E-state index in [1.165, 1.54) is 34.6 Å². The molecular formula is C35H63N6O22P. The summed E-state index contributed by atoms with van der Waals surface area (Å²) in [5, 5.41) is 73.8. The van der Waals surface area contributed by atoms with Crippen molar-refractivity contribution in [1.82, 2.24) is 31.9 Å². The average molecular weight is 951 g/mol. The highest BCUT2D eigenvalue weighted by Gasteiger charge is 2.46. The Bertz CT molecular complexity index is 1470. The summed E-state index contributed by atoms with van der Waals surface area (Å²) in [6.45, 7) is 2.65. The van der Waals surface area contributed by atoms with E-state index in [-0.39, 0.29) is 39.1 Å². The van der Waals surface area contributed by atoms with Crippen LogP contribution in [0.4, 0.5) is 9.59 Å². The fraction of sp³-hybridized carbons (Fsp3) is 0.829. The number of aliphatic hydroxyl groups is 6. The number of aliphatic hydroxyl groups excluding tert-OH is 6. The zero-order chi connectivity index (χ0) is 48.2. The number of nitrogens with one attached hydrogen (secondary N) is 6. The molecule has 0 aliphatic carbocycles. The Balaban J connectivity index is 1.76. The monoisotopic (exact) mass is 950 g/mol. The second kappa shape index (κ2) is 27.6. The van der Waals surface area contributed by atoms with E-state index in [9.17, 15) is 68.9 Å². The molecule has 28 nitrogen and oxygen atoms in total. The molecule has 11 atom stereocenters. The Morgan fingerprint density at radius 1 is 0.656 bits per heavy atom. The molecule has 29 heteroatoms. The Labute approximate surface area is 367 Å². The average Bonchev–Trinajstić information content (AvgIpc) is 3.20. The smallest absolute Gasteiger partial charge is 0.447 e. The predicted molar refractivity (Wildman–Crippen MR) is 212 cm³/mol. The van der Waals surface area contributed by atoms with E-state index in [4.69, 9.17) is 37.5 Å². The predicted octanol–water partition coefficient (Wildman–Crippen LogP) is -5.33. The molecule has 2 fully saturated rings. The molecule has 2 aliphatic rings. The number of amides is 6. The summed E-state index contributed by atoms with van der Waals surface area (Å²) in [6.07, 6.45) is -14.4. The lowest BCUT2D eigenvalue weighted by atomic mass is 9.97. The van der Waals surface area contributed by atoms with Crippen molar-refractivity contribution >= 4 is 43.6 Å². The van der Waals surface area contributed by atoms with Crippen molar-refractivity contribution in [3.63, 3.8) is 0 Å². The molecule has 2 saturated heterocycles. The second-order valence-electron chi connectivity index (χ2n) is 15.3. The van der Waals surface area contributed by atoms with Crippen LogP contribution in [-0.4, -0.2) is 210 Å². The van der Waals surface area contributed by atoms with Gasteiger partial charge in [-0.05, 0) is 33.6 Å². The van der Waals surface area contributed by atoms with Crippen LogP contribution in [0.15, 0.2) is 0 Å². The summed E-state index contributed by atoms with van der Waals surface area (Å²) in [7, 11) is -4.84. The molecule has 0 aromatic rings. The zero-order valence-corrected chi connectivity index (χ0v) is 36.9. The molecule has 0 spiro atoms. The van der Waals surface area contributed by atoms with Crippen LogP contribution >= 0.6 is 7.82 Å². The minimum absolute atomic E-state index is 0.0262. The van der Waals surface area contributed by atoms with Crippen molar-refractivity contribution in [2.75, 3.05) is 65.8 Å². The number of carbonyl (C=O) groups excluding carboxylic acids is 6. The van der Waals surface area contributed by atoms with E-state index >= 15 is 0 Å². The van der Waals surface area contributed by atoms with Gasteiger partial charge in [0.25, 0.3) is 0 Å². The van der Waals surface area contributed by atoms with Gasteiger partial charge in [-0.1, -0.05) is 0 Å². The van der Waals surface area contributed by atoms with Crippen LogP contribution in [0.1, 0.15) is 47.5 Å². The number of alkyl carbamates (subject to hydrolysis) is 2. The summed E-state index contributed by atoms with van der Waals surface area (Å²) in [5.74, 6) is -2.41. The van der Waals surface area contributed by atoms with E-state index < -0.39 is 156 Å². The molecule has 0 aromatic heterocycles. The maximum atomic E-state index is 12.6. The molecule has 0 bridgehead atoms. The van der Waals surface area contributed by atoms with E-state index in [2.05, 4.69) is 31.9 Å². The Hall–Kier alpha value is -3.87. The maximum Gasteiger partial charge on any atom is 0.473 e. The van der Waals surface area contributed by atoms with Crippen molar-refractivity contribution in [2.45, 2.75) is 120 Å². The molecule has 370 valence electrons. The second-order valence-corrected chi connectivity index (χ2v) is 16.6. The quantitative estimate of drug-likeness (QED) is 0.0300. The van der Waals surface area contributed by atoms with Gasteiger partial charge in [0.1, 0.15) is 68.0 Å². The first kappa shape index (κ1) is 56.3. The molecule has 64 heavy (non-hydrogen) atoms. The third-order valence-corrected chi connectivity index (χ3v) is 9.95. The van der Waals surface area contributed by atoms with Crippen molar-refractivity contribution in [1.29, 1.82) is 0 Å². The number of rotatable bonds is 25. The first-order chi connectivity index (χ1) is 30.0. The van der Waals surface area contributed by atoms with Crippen LogP contribution in [0.5, 0.6) is 0 Å². The highest BCUT2D eigenvalue weighted by molar-refractivity contribution is 7.47. The normalized spacial score (nSPS) is 26.8. The van der Waals surface area contributed by atoms with Crippen LogP contribution in [0.2, 0.25) is 0 Å². The number of phosphoric acid groups is 1. The highest BCUT2D eigenvalue weighted by atomic mass is 31.2. The van der Waals surface area contributed by atoms with Gasteiger partial charge in [0.2, 0.25) is 23.6 Å². The topological polar surface area (TPSA) is 407 Å². The first-order valence-electron chi connectivity index (χ1n) is 20.1. The van der Waals surface area contributed by atoms with Crippen molar-refractivity contribution < 1.29 is 106 Å². The fourth-order valence-corrected chi connectivity index (χ4v) is 6.99. The molecule has 6 amide bonds. The minimum Gasteiger partial charge on any atom is -0.447 e. The Morgan fingerprint density at radius 2 is 1.05 bits per heavy atom. The lowest BCUT2D eigenvalue weighted by molar-refractivity contribution is -0.270. The number of phosphoric ester groups is 1. The van der Waals surface area contributed by atoms with E-state index in [1.54, 1.807) is 0 Å². The van der Waals surface area contributed by atoms with Crippen molar-refractivity contribution in [3.05, 3.63) is 0 Å². The Kier molecular flexibility index (Phi) is 24.2. The van der Waals surface area contributed by atoms with E-state index in [0.29, 0.717) is 0 Å². The molecule has 2 rings (SSSR count). The standard InChI is InChI=1S/C35H63N6O22P/c1-18(44)40-25-29(50)27(48)21(14-42)60-31(25)56-10-6-8-36-23(46)12-38-33(52)58-16-20(62-64(54,55)63-35(3,4)5)17-59-34(53)39-13-24(47)37-9-7-11-57-32-26(41-19(2)45)30(51)28(49)22(15-43)61-32/h20-22,25-32,42-43,48-51H,6-17H2,1-5H3,(H,36,46)(H,37,47)(H,38,52)(H,39,53)(H,40,44)(H,41,45)(H,54,55)/t21-,22-,25-,26-,27+,28+,29-,30-,31-,32-/m1/s1. The summed E-state index contributed by atoms with van der Waals surface area (Å²) >= 11 is 0. The molecule has 2 aliphatic heterocycles. The van der Waals surface area contributed by atoms with E-state index in [1.807, 2.05) is 0 Å². The number of hydrogen-bond donors (Lipinski definition) is 13. The fourth-order valence-electron chi connectivity index (χ4n) is 5.76. The summed E-state index contributed by atoms with van der Waals surface area (Å²) in [6, 6.07) is -2.30. The number of ether oxygens (including phenoxy) is 6. The van der Waals surface area contributed by atoms with Gasteiger partial charge in [-0.2, -0.15) is 0 Å². The highest BCUT2D eigenvalue weighted by Crippen LogP contribution is 2.48. The lowest BCUT2D eigenvalue weighted by Gasteiger charge is -2.42. The SMILES string of the molecule is CC(=O)N[C@H]1[C@H](OCCCNC(=O)CNC(=O)OCC(COC(=O)NCC(=O)NCCCO[C@@H]2O[C@H](CO)[C@H](O)[C@H](O)[C@H]2NC(C)=O)OP(=O)(O)OC(C)(C)C)O[C@H](CO)[C@H](O)[C@@H]1O. The largest absolute Gasteiger partial charge is 0.473 e. The van der Waals surface area contributed by atoms with Crippen LogP contribution < -0.4 is 31.9 Å². The molecule has 13 N–H and O–H groups in total. The molecule has 0 aromatic carbocycles. The first-order valence-corrected chi connectivity index (χ1v) is 21.5. The number of hydrogen-bond acceptors (Lipinski definition) is 21. The van der Waals surface area contributed by atoms with Crippen LogP contribution in [0.3, 0.4) is 0 Å². The molecule has 0 saturated carbocycles. The maximum absolute atomic E-state index is 12.6.